The molecule has 0 spiro atoms. The molecule has 1 aromatic heterocycles. The van der Waals surface area contributed by atoms with Crippen molar-refractivity contribution in [3.05, 3.63) is 5.56 Å². The number of hydrogen-bond donors (Lipinski definition) is 1. The van der Waals surface area contributed by atoms with Crippen LogP contribution in [0.3, 0.4) is 0 Å². The fourth-order valence-electron chi connectivity index (χ4n) is 1.97. The zero-order valence-corrected chi connectivity index (χ0v) is 13.0. The van der Waals surface area contributed by atoms with Crippen molar-refractivity contribution in [2.45, 2.75) is 20.4 Å². The molecule has 0 fully saturated rings. The van der Waals surface area contributed by atoms with E-state index in [0.29, 0.717) is 23.7 Å². The number of hydrogen-bond acceptors (Lipinski definition) is 6. The minimum Gasteiger partial charge on any atom is -0.465 e. The van der Waals surface area contributed by atoms with Gasteiger partial charge < -0.3 is 20.3 Å². The number of nitrogens with two attached hydrogens (primary N) is 1. The van der Waals surface area contributed by atoms with E-state index < -0.39 is 5.97 Å². The molecule has 0 saturated carbocycles. The Morgan fingerprint density at radius 3 is 2.40 bits per heavy atom. The van der Waals surface area contributed by atoms with Crippen molar-refractivity contribution in [3.8, 4) is 0 Å². The number of rotatable bonds is 7. The average molecular weight is 283 g/mol. The molecule has 114 valence electrons. The summed E-state index contributed by atoms with van der Waals surface area (Å²) in [6, 6.07) is 0. The summed E-state index contributed by atoms with van der Waals surface area (Å²) in [5.74, 6) is 0.513. The van der Waals surface area contributed by atoms with Gasteiger partial charge in [0.05, 0.1) is 13.7 Å². The van der Waals surface area contributed by atoms with Crippen LogP contribution in [0.15, 0.2) is 0 Å². The lowest BCUT2D eigenvalue weighted by Crippen LogP contribution is -2.25. The summed E-state index contributed by atoms with van der Waals surface area (Å²) in [7, 11) is 5.31. The summed E-state index contributed by atoms with van der Waals surface area (Å²) in [4.78, 5) is 16.0. The predicted octanol–water partition coefficient (Wildman–Crippen LogP) is 0.660. The van der Waals surface area contributed by atoms with Crippen LogP contribution in [0.2, 0.25) is 0 Å². The van der Waals surface area contributed by atoms with Crippen LogP contribution < -0.4 is 10.6 Å². The molecule has 2 N–H and O–H groups in total. The van der Waals surface area contributed by atoms with Gasteiger partial charge in [0.1, 0.15) is 11.4 Å². The number of esters is 1. The van der Waals surface area contributed by atoms with Gasteiger partial charge in [-0.15, -0.1) is 0 Å². The lowest BCUT2D eigenvalue weighted by atomic mass is 10.2. The van der Waals surface area contributed by atoms with E-state index in [2.05, 4.69) is 5.10 Å². The zero-order chi connectivity index (χ0) is 15.3. The first-order valence-corrected chi connectivity index (χ1v) is 6.80. The van der Waals surface area contributed by atoms with Crippen LogP contribution in [-0.4, -0.2) is 61.5 Å². The van der Waals surface area contributed by atoms with Crippen LogP contribution in [0.4, 0.5) is 11.6 Å². The second kappa shape index (κ2) is 7.14. The van der Waals surface area contributed by atoms with Crippen LogP contribution in [0.25, 0.3) is 0 Å². The molecule has 1 aromatic rings. The Morgan fingerprint density at radius 1 is 1.35 bits per heavy atom. The minimum atomic E-state index is -0.444. The van der Waals surface area contributed by atoms with Crippen molar-refractivity contribution >= 4 is 17.6 Å². The molecule has 20 heavy (non-hydrogen) atoms. The number of anilines is 2. The van der Waals surface area contributed by atoms with Gasteiger partial charge in [-0.05, 0) is 27.9 Å². The molecular weight excluding hydrogens is 258 g/mol. The van der Waals surface area contributed by atoms with Gasteiger partial charge in [0.2, 0.25) is 0 Å². The lowest BCUT2D eigenvalue weighted by Gasteiger charge is -2.18. The number of aromatic nitrogens is 2. The highest BCUT2D eigenvalue weighted by molar-refractivity contribution is 5.99. The van der Waals surface area contributed by atoms with E-state index in [1.165, 1.54) is 7.11 Å². The van der Waals surface area contributed by atoms with Gasteiger partial charge in [-0.1, -0.05) is 0 Å². The molecule has 0 bridgehead atoms. The van der Waals surface area contributed by atoms with Crippen molar-refractivity contribution in [2.75, 3.05) is 51.5 Å². The Bertz CT molecular complexity index is 452. The van der Waals surface area contributed by atoms with Crippen molar-refractivity contribution < 1.29 is 9.53 Å². The van der Waals surface area contributed by atoms with Crippen LogP contribution >= 0.6 is 0 Å². The normalized spacial score (nSPS) is 10.9. The van der Waals surface area contributed by atoms with Crippen LogP contribution in [0, 0.1) is 0 Å². The quantitative estimate of drug-likeness (QED) is 0.741. The number of likely N-dealkylation sites (N-methyl/N-ethyl adjacent to an activating group) is 1. The maximum absolute atomic E-state index is 12.0. The third-order valence-electron chi connectivity index (χ3n) is 3.18. The molecular formula is C13H25N5O2. The molecule has 0 amide bonds. The van der Waals surface area contributed by atoms with Gasteiger partial charge in [0.25, 0.3) is 0 Å². The van der Waals surface area contributed by atoms with Crippen molar-refractivity contribution in [3.63, 3.8) is 0 Å². The predicted molar refractivity (Wildman–Crippen MR) is 80.1 cm³/mol. The fraction of sp³-hybridized carbons (Fsp3) is 0.692. The van der Waals surface area contributed by atoms with Crippen molar-refractivity contribution in [1.29, 1.82) is 0 Å². The maximum atomic E-state index is 12.0. The summed E-state index contributed by atoms with van der Waals surface area (Å²) >= 11 is 0. The lowest BCUT2D eigenvalue weighted by molar-refractivity contribution is 0.0602. The van der Waals surface area contributed by atoms with Gasteiger partial charge in [-0.25, -0.2) is 9.48 Å². The average Bonchev–Trinajstić information content (AvgIpc) is 2.74. The number of ether oxygens (including phenoxy) is 1. The monoisotopic (exact) mass is 283 g/mol. The van der Waals surface area contributed by atoms with Crippen LogP contribution in [0.1, 0.15) is 24.2 Å². The van der Waals surface area contributed by atoms with Gasteiger partial charge in [-0.2, -0.15) is 5.10 Å². The van der Waals surface area contributed by atoms with E-state index in [9.17, 15) is 4.79 Å². The number of carbonyl (C=O) groups excluding carboxylic acids is 1. The summed E-state index contributed by atoms with van der Waals surface area (Å²) in [5.41, 5.74) is 6.42. The molecule has 0 atom stereocenters. The fourth-order valence-corrected chi connectivity index (χ4v) is 1.97. The molecule has 7 nitrogen and oxygen atoms in total. The second-order valence-electron chi connectivity index (χ2n) is 4.77. The first-order chi connectivity index (χ1) is 9.46. The maximum Gasteiger partial charge on any atom is 0.345 e. The standard InChI is InChI=1S/C13H25N5O2/c1-6-17(7-2)12-10(13(19)20-5)11(14)18(15-12)9-8-16(3)4/h6-9,14H2,1-5H3. The molecule has 0 aromatic carbocycles. The second-order valence-corrected chi connectivity index (χ2v) is 4.77. The van der Waals surface area contributed by atoms with Gasteiger partial charge in [-0.3, -0.25) is 0 Å². The van der Waals surface area contributed by atoms with Crippen LogP contribution in [-0.2, 0) is 11.3 Å². The first kappa shape index (κ1) is 16.3. The van der Waals surface area contributed by atoms with E-state index in [-0.39, 0.29) is 0 Å². The van der Waals surface area contributed by atoms with Crippen molar-refractivity contribution in [2.24, 2.45) is 0 Å². The van der Waals surface area contributed by atoms with Crippen LogP contribution in [0.5, 0.6) is 0 Å². The smallest absolute Gasteiger partial charge is 0.345 e. The van der Waals surface area contributed by atoms with E-state index in [1.807, 2.05) is 37.7 Å². The molecule has 1 heterocycles. The molecule has 0 unspecified atom stereocenters. The Labute approximate surface area is 120 Å². The molecule has 1 rings (SSSR count). The first-order valence-electron chi connectivity index (χ1n) is 6.80. The number of methoxy groups -OCH3 is 1. The highest BCUT2D eigenvalue weighted by Gasteiger charge is 2.25. The zero-order valence-electron chi connectivity index (χ0n) is 13.0. The van der Waals surface area contributed by atoms with E-state index >= 15 is 0 Å². The molecule has 0 saturated heterocycles. The SMILES string of the molecule is CCN(CC)c1nn(CCN(C)C)c(N)c1C(=O)OC. The Balaban J connectivity index is 3.20. The number of carbonyl (C=O) groups is 1. The summed E-state index contributed by atoms with van der Waals surface area (Å²) in [6.45, 7) is 6.96. The molecule has 0 aliphatic heterocycles. The van der Waals surface area contributed by atoms with E-state index in [4.69, 9.17) is 10.5 Å². The highest BCUT2D eigenvalue weighted by atomic mass is 16.5. The van der Waals surface area contributed by atoms with Gasteiger partial charge >= 0.3 is 5.97 Å². The third-order valence-corrected chi connectivity index (χ3v) is 3.18. The summed E-state index contributed by atoms with van der Waals surface area (Å²) in [5, 5.41) is 4.48. The number of nitrogens with zero attached hydrogens (tertiary/aromatic N) is 4. The third kappa shape index (κ3) is 3.41. The minimum absolute atomic E-state index is 0.356. The number of nitrogen functional groups attached to an aromatic ring is 1. The molecule has 0 aliphatic carbocycles. The Hall–Kier alpha value is -1.76. The molecule has 0 radical (unpaired) electrons. The van der Waals surface area contributed by atoms with Crippen molar-refractivity contribution in [1.82, 2.24) is 14.7 Å². The van der Waals surface area contributed by atoms with E-state index in [0.717, 1.165) is 19.6 Å². The Kier molecular flexibility index (Phi) is 5.82. The topological polar surface area (TPSA) is 76.6 Å². The van der Waals surface area contributed by atoms with Gasteiger partial charge in [0.15, 0.2) is 5.82 Å². The molecule has 7 heteroatoms. The highest BCUT2D eigenvalue weighted by Crippen LogP contribution is 2.26. The van der Waals surface area contributed by atoms with Gasteiger partial charge in [0, 0.05) is 19.6 Å². The summed E-state index contributed by atoms with van der Waals surface area (Å²) in [6.07, 6.45) is 0. The largest absolute Gasteiger partial charge is 0.465 e. The Morgan fingerprint density at radius 2 is 1.95 bits per heavy atom. The van der Waals surface area contributed by atoms with E-state index in [1.54, 1.807) is 4.68 Å². The molecule has 0 aliphatic rings. The summed E-state index contributed by atoms with van der Waals surface area (Å²) < 4.78 is 6.49.